The number of phenolic OH excluding ortho intramolecular Hbond substituents is 2. The first-order valence-electron chi connectivity index (χ1n) is 30.6. The fourth-order valence-electron chi connectivity index (χ4n) is 10.4. The Labute approximate surface area is 627 Å². The predicted molar refractivity (Wildman–Crippen MR) is 441 cm³/mol. The Bertz CT molecular complexity index is 3410. The summed E-state index contributed by atoms with van der Waals surface area (Å²) >= 11 is 28.5. The maximum atomic E-state index is 13.8. The van der Waals surface area contributed by atoms with Crippen LogP contribution in [0.1, 0.15) is 150 Å². The van der Waals surface area contributed by atoms with Crippen LogP contribution in [-0.2, 0) is 56.9 Å². The second kappa shape index (κ2) is 33.5. The largest absolute Gasteiger partial charge is 0.507 e. The molecule has 4 heterocycles. The van der Waals surface area contributed by atoms with Gasteiger partial charge in [0.25, 0.3) is 0 Å². The van der Waals surface area contributed by atoms with Gasteiger partial charge in [0.2, 0.25) is 11.8 Å². The van der Waals surface area contributed by atoms with E-state index in [4.69, 9.17) is 9.47 Å². The van der Waals surface area contributed by atoms with E-state index in [0.29, 0.717) is 37.2 Å². The summed E-state index contributed by atoms with van der Waals surface area (Å²) < 4.78 is 29.4. The highest BCUT2D eigenvalue weighted by Gasteiger charge is 2.34. The Hall–Kier alpha value is -0.940. The Morgan fingerprint density at radius 3 is 0.809 bits per heavy atom. The number of nitrogens with one attached hydrogen (secondary N) is 2. The number of amides is 2. The van der Waals surface area contributed by atoms with Crippen LogP contribution in [0.5, 0.6) is 23.0 Å². The monoisotopic (exact) mass is 1560 g/mol. The summed E-state index contributed by atoms with van der Waals surface area (Å²) in [6.07, 6.45) is 14.2. The van der Waals surface area contributed by atoms with Crippen molar-refractivity contribution < 1.29 is 29.3 Å². The topological polar surface area (TPSA) is 117 Å². The van der Waals surface area contributed by atoms with Crippen molar-refractivity contribution in [1.82, 2.24) is 10.6 Å². The van der Waals surface area contributed by atoms with Crippen molar-refractivity contribution in [3.05, 3.63) is 166 Å². The van der Waals surface area contributed by atoms with Crippen molar-refractivity contribution in [3.8, 4) is 23.0 Å². The number of carbonyl (C=O) groups is 2. The highest BCUT2D eigenvalue weighted by Crippen LogP contribution is 2.67. The molecule has 4 aromatic carbocycles. The number of thioether (sulfide) groups is 16. The van der Waals surface area contributed by atoms with Crippen LogP contribution in [0.4, 0.5) is 0 Å². The minimum absolute atomic E-state index is 0.0601. The summed E-state index contributed by atoms with van der Waals surface area (Å²) in [6, 6.07) is 17.5. The van der Waals surface area contributed by atoms with E-state index in [1.54, 1.807) is 118 Å². The van der Waals surface area contributed by atoms with Gasteiger partial charge in [-0.3, -0.25) is 9.59 Å². The van der Waals surface area contributed by atoms with Gasteiger partial charge in [-0.25, -0.2) is 0 Å². The number of phenols is 2. The van der Waals surface area contributed by atoms with Crippen molar-refractivity contribution in [3.63, 3.8) is 0 Å². The molecule has 0 unspecified atom stereocenters. The van der Waals surface area contributed by atoms with Gasteiger partial charge >= 0.3 is 0 Å². The van der Waals surface area contributed by atoms with E-state index in [9.17, 15) is 19.8 Å². The van der Waals surface area contributed by atoms with Crippen LogP contribution in [0, 0.1) is 0 Å². The number of hydrogen-bond donors (Lipinski definition) is 4. The van der Waals surface area contributed by atoms with Crippen LogP contribution in [0.3, 0.4) is 0 Å². The quantitative estimate of drug-likeness (QED) is 0.0553. The van der Waals surface area contributed by atoms with E-state index in [0.717, 1.165) is 75.2 Å². The molecule has 0 fully saturated rings. The number of rotatable bonds is 20. The molecule has 0 aromatic heterocycles. The number of fused-ring (bicyclic) bond motifs is 8. The Morgan fingerprint density at radius 1 is 0.372 bits per heavy atom. The molecule has 1 aliphatic carbocycles. The number of ether oxygens (including phenoxy) is 2. The van der Waals surface area contributed by atoms with E-state index >= 15 is 0 Å². The number of aromatic hydroxyl groups is 2. The van der Waals surface area contributed by atoms with Gasteiger partial charge in [0.15, 0.2) is 0 Å². The molecular weight excluding hydrogens is 1480 g/mol. The lowest BCUT2D eigenvalue weighted by Gasteiger charge is -2.28. The second-order valence-corrected chi connectivity index (χ2v) is 44.8. The van der Waals surface area contributed by atoms with Gasteiger partial charge in [0.05, 0.1) is 75.4 Å². The van der Waals surface area contributed by atoms with Crippen LogP contribution < -0.4 is 20.1 Å². The van der Waals surface area contributed by atoms with Gasteiger partial charge in [-0.15, -0.1) is 94.1 Å². The summed E-state index contributed by atoms with van der Waals surface area (Å²) in [5, 5.41) is 32.3. The molecule has 8 bridgehead atoms. The molecular formula is C70H86N2O6S16. The molecule has 8 nitrogen and oxygen atoms in total. The fraction of sp³-hybridized carbons (Fsp3) is 0.457. The van der Waals surface area contributed by atoms with Gasteiger partial charge in [-0.2, -0.15) is 0 Å². The van der Waals surface area contributed by atoms with Crippen molar-refractivity contribution >= 4 is 200 Å². The van der Waals surface area contributed by atoms with E-state index in [2.05, 4.69) is 180 Å². The number of benzene rings is 4. The Kier molecular flexibility index (Phi) is 27.5. The van der Waals surface area contributed by atoms with E-state index in [-0.39, 0.29) is 82.8 Å². The molecule has 0 saturated heterocycles. The Morgan fingerprint density at radius 2 is 0.585 bits per heavy atom. The molecule has 24 heteroatoms. The van der Waals surface area contributed by atoms with Crippen molar-refractivity contribution in [2.45, 2.75) is 130 Å². The van der Waals surface area contributed by atoms with Gasteiger partial charge in [-0.1, -0.05) is 226 Å². The third kappa shape index (κ3) is 19.4. The van der Waals surface area contributed by atoms with Gasteiger partial charge in [-0.05, 0) is 126 Å². The molecule has 508 valence electrons. The van der Waals surface area contributed by atoms with Crippen LogP contribution >= 0.6 is 188 Å². The van der Waals surface area contributed by atoms with Crippen molar-refractivity contribution in [2.75, 3.05) is 75.3 Å². The first-order valence-corrected chi connectivity index (χ1v) is 46.5. The molecule has 2 amide bonds. The Balaban J connectivity index is 1.02. The zero-order valence-electron chi connectivity index (χ0n) is 56.7. The third-order valence-corrected chi connectivity index (χ3v) is 37.8. The zero-order valence-corrected chi connectivity index (χ0v) is 69.8. The maximum absolute atomic E-state index is 13.8. The van der Waals surface area contributed by atoms with Gasteiger partial charge in [0.1, 0.15) is 36.2 Å². The molecule has 4 aliphatic heterocycles. The highest BCUT2D eigenvalue weighted by atomic mass is 32.3. The summed E-state index contributed by atoms with van der Waals surface area (Å²) in [5.41, 5.74) is 10.1. The molecule has 9 rings (SSSR count). The lowest BCUT2D eigenvalue weighted by atomic mass is 9.79. The van der Waals surface area contributed by atoms with Crippen LogP contribution in [0.25, 0.3) is 0 Å². The van der Waals surface area contributed by atoms with E-state index in [1.165, 1.54) is 42.4 Å². The molecule has 0 spiro atoms. The smallest absolute Gasteiger partial charge is 0.230 e. The SMILES string of the molecule is CSC1=C(SC)SC(=C2SC(SC)=C(SCC(=O)NCCOc3c4cc(C(C)(C)C)cc3Cc3cc(C(C)(C)C)cc(c3O)Cc3cc(C(C)(C)C)cc(c3OCCNC(=O)CSC3=C(SC)SC(=C5SC(SC)=C(SC)S5)S3)Cc3cc(C(C)(C)C)cc(c3O)C4)S2)S1. The number of hydrogen-bond acceptors (Lipinski definition) is 22. The maximum Gasteiger partial charge on any atom is 0.230 e. The lowest BCUT2D eigenvalue weighted by molar-refractivity contribution is -0.119. The molecule has 0 atom stereocenters. The molecule has 94 heavy (non-hydrogen) atoms. The normalized spacial score (nSPS) is 16.6. The predicted octanol–water partition coefficient (Wildman–Crippen LogP) is 22.3. The third-order valence-electron chi connectivity index (χ3n) is 15.6. The van der Waals surface area contributed by atoms with Crippen LogP contribution in [0.2, 0.25) is 0 Å². The first-order chi connectivity index (χ1) is 44.4. The first kappa shape index (κ1) is 77.2. The standard InChI is InChI=1S/C70H86N2O6S16/c1-67(2,3)45-27-37-23-41-31-47(69(7,8)9)33-43(53(41)77-21-19-71-49(73)35-85-61-59(83-17)91-65(93-61)63-87-55(79-13)56(80-14)88-63)25-39-29-46(68(4,5)6)30-40(52(39)76)26-44-34-48(70(10,11)12)32-42(24-38(28-45)51(37)75)54(44)78-22-20-72-50(74)36-86-62-60(84-18)92-66(94-62)64-89-57(81-15)58(82-16)90-64/h27-34,75-76H,19-26,35-36H2,1-18H3,(H,71,73)(H,72,74). The van der Waals surface area contributed by atoms with Crippen molar-refractivity contribution in [1.29, 1.82) is 0 Å². The minimum Gasteiger partial charge on any atom is -0.507 e. The molecule has 0 radical (unpaired) electrons. The molecule has 0 saturated carbocycles. The summed E-state index contributed by atoms with van der Waals surface area (Å²) in [6.45, 7) is 27.6. The van der Waals surface area contributed by atoms with Crippen LogP contribution in [-0.4, -0.2) is 97.4 Å². The molecule has 4 aromatic rings. The minimum atomic E-state index is -0.279. The van der Waals surface area contributed by atoms with Crippen LogP contribution in [0.15, 0.2) is 99.4 Å². The lowest BCUT2D eigenvalue weighted by Crippen LogP contribution is -2.29. The van der Waals surface area contributed by atoms with E-state index in [1.807, 2.05) is 70.6 Å². The molecule has 4 N–H and O–H groups in total. The molecule has 5 aliphatic rings. The highest BCUT2D eigenvalue weighted by molar-refractivity contribution is 8.46. The van der Waals surface area contributed by atoms with Gasteiger partial charge in [0, 0.05) is 25.7 Å². The average Bonchev–Trinajstić information content (AvgIpc) is 1.15. The summed E-state index contributed by atoms with van der Waals surface area (Å²) in [7, 11) is 0. The van der Waals surface area contributed by atoms with Crippen molar-refractivity contribution in [2.24, 2.45) is 0 Å². The van der Waals surface area contributed by atoms with Gasteiger partial charge < -0.3 is 30.3 Å². The number of carbonyl (C=O) groups excluding carboxylic acids is 2. The fourth-order valence-corrected chi connectivity index (χ4v) is 31.5. The van der Waals surface area contributed by atoms with E-state index < -0.39 is 0 Å². The summed E-state index contributed by atoms with van der Waals surface area (Å²) in [4.78, 5) is 27.5. The second-order valence-electron chi connectivity index (χ2n) is 26.7. The zero-order chi connectivity index (χ0) is 68.2. The summed E-state index contributed by atoms with van der Waals surface area (Å²) in [5.74, 6) is 2.26. The average molecular weight is 1560 g/mol.